The number of sulfonamides is 1. The molecule has 0 radical (unpaired) electrons. The lowest BCUT2D eigenvalue weighted by Crippen LogP contribution is -2.13. The second-order valence-corrected chi connectivity index (χ2v) is 9.42. The highest BCUT2D eigenvalue weighted by Crippen LogP contribution is 2.25. The Balaban J connectivity index is 1.50. The number of aryl methyl sites for hydroxylation is 1. The third-order valence-corrected chi connectivity index (χ3v) is 6.76. The Kier molecular flexibility index (Phi) is 6.16. The first-order valence-electron chi connectivity index (χ1n) is 10.4. The highest BCUT2D eigenvalue weighted by Gasteiger charge is 2.16. The molecule has 10 heteroatoms. The fourth-order valence-electron chi connectivity index (χ4n) is 3.25. The molecular weight excluding hydrogens is 454 g/mol. The third-order valence-electron chi connectivity index (χ3n) is 5.38. The van der Waals surface area contributed by atoms with E-state index >= 15 is 0 Å². The lowest BCUT2D eigenvalue weighted by atomic mass is 10.2. The first-order valence-corrected chi connectivity index (χ1v) is 11.9. The second kappa shape index (κ2) is 9.06. The van der Waals surface area contributed by atoms with Crippen molar-refractivity contribution in [3.63, 3.8) is 0 Å². The molecule has 0 aliphatic heterocycles. The number of benzene rings is 2. The summed E-state index contributed by atoms with van der Waals surface area (Å²) in [6, 6.07) is 14.0. The summed E-state index contributed by atoms with van der Waals surface area (Å²) in [5.41, 5.74) is 3.66. The topological polar surface area (TPSA) is 116 Å². The minimum absolute atomic E-state index is 0.00781. The van der Waals surface area contributed by atoms with E-state index in [1.807, 2.05) is 20.8 Å². The predicted octanol–water partition coefficient (Wildman–Crippen LogP) is 4.38. The van der Waals surface area contributed by atoms with Gasteiger partial charge in [-0.25, -0.2) is 23.1 Å². The normalized spacial score (nSPS) is 11.3. The average Bonchev–Trinajstić information content (AvgIpc) is 3.08. The maximum Gasteiger partial charge on any atom is 0.261 e. The Morgan fingerprint density at radius 3 is 2.38 bits per heavy atom. The number of hydrogen-bond donors (Lipinski definition) is 1. The lowest BCUT2D eigenvalue weighted by molar-refractivity contribution is 0.101. The van der Waals surface area contributed by atoms with Gasteiger partial charge in [0.25, 0.3) is 10.0 Å². The molecule has 2 heterocycles. The summed E-state index contributed by atoms with van der Waals surface area (Å²) in [7, 11) is -3.86. The molecule has 2 aromatic carbocycles. The van der Waals surface area contributed by atoms with Gasteiger partial charge in [-0.3, -0.25) is 9.52 Å². The van der Waals surface area contributed by atoms with Crippen molar-refractivity contribution in [2.24, 2.45) is 0 Å². The molecule has 0 fully saturated rings. The molecule has 174 valence electrons. The number of aromatic nitrogens is 4. The van der Waals surface area contributed by atoms with Crippen LogP contribution in [0.15, 0.2) is 65.8 Å². The highest BCUT2D eigenvalue weighted by atomic mass is 32.2. The number of nitrogens with zero attached hydrogens (tertiary/aromatic N) is 4. The predicted molar refractivity (Wildman–Crippen MR) is 127 cm³/mol. The van der Waals surface area contributed by atoms with Gasteiger partial charge in [-0.2, -0.15) is 5.10 Å². The Morgan fingerprint density at radius 1 is 1.00 bits per heavy atom. The van der Waals surface area contributed by atoms with Gasteiger partial charge in [-0.1, -0.05) is 12.1 Å². The number of hydrogen-bond acceptors (Lipinski definition) is 7. The Morgan fingerprint density at radius 2 is 1.74 bits per heavy atom. The van der Waals surface area contributed by atoms with Crippen molar-refractivity contribution in [2.45, 2.75) is 32.6 Å². The molecule has 0 unspecified atom stereocenters. The zero-order valence-corrected chi connectivity index (χ0v) is 19.9. The van der Waals surface area contributed by atoms with Gasteiger partial charge < -0.3 is 4.74 Å². The largest absolute Gasteiger partial charge is 0.439 e. The Hall–Kier alpha value is -4.05. The van der Waals surface area contributed by atoms with Crippen LogP contribution in [0.25, 0.3) is 5.82 Å². The summed E-state index contributed by atoms with van der Waals surface area (Å²) in [6.45, 7) is 7.29. The van der Waals surface area contributed by atoms with Crippen LogP contribution in [0.1, 0.15) is 34.2 Å². The van der Waals surface area contributed by atoms with E-state index in [4.69, 9.17) is 4.74 Å². The lowest BCUT2D eigenvalue weighted by Gasteiger charge is -2.10. The molecule has 34 heavy (non-hydrogen) atoms. The quantitative estimate of drug-likeness (QED) is 0.393. The highest BCUT2D eigenvalue weighted by molar-refractivity contribution is 7.92. The minimum Gasteiger partial charge on any atom is -0.439 e. The Labute approximate surface area is 197 Å². The number of nitrogens with one attached hydrogen (secondary N) is 1. The van der Waals surface area contributed by atoms with Crippen molar-refractivity contribution in [3.05, 3.63) is 83.4 Å². The van der Waals surface area contributed by atoms with Crippen molar-refractivity contribution < 1.29 is 17.9 Å². The van der Waals surface area contributed by atoms with Crippen LogP contribution in [0.3, 0.4) is 0 Å². The standard InChI is InChI=1S/C24H23N5O4S/c1-15-16(2)27-29(17(15)3)23-13-24(26-14-25-23)33-21-10-8-20(9-11-21)28-34(31,32)22-7-5-6-19(12-22)18(4)30/h5-14,28H,1-4H3. The van der Waals surface area contributed by atoms with Crippen LogP contribution in [0.2, 0.25) is 0 Å². The van der Waals surface area contributed by atoms with Gasteiger partial charge in [0.1, 0.15) is 12.1 Å². The number of rotatable bonds is 7. The smallest absolute Gasteiger partial charge is 0.261 e. The monoisotopic (exact) mass is 477 g/mol. The van der Waals surface area contributed by atoms with Gasteiger partial charge in [-0.05, 0) is 69.7 Å². The number of ether oxygens (including phenoxy) is 1. The first kappa shape index (κ1) is 23.1. The average molecular weight is 478 g/mol. The maximum atomic E-state index is 12.7. The molecule has 1 N–H and O–H groups in total. The van der Waals surface area contributed by atoms with Crippen molar-refractivity contribution >= 4 is 21.5 Å². The molecule has 0 bridgehead atoms. The van der Waals surface area contributed by atoms with Gasteiger partial charge in [0.2, 0.25) is 5.88 Å². The van der Waals surface area contributed by atoms with Gasteiger partial charge >= 0.3 is 0 Å². The van der Waals surface area contributed by atoms with Gasteiger partial charge in [0, 0.05) is 23.0 Å². The van der Waals surface area contributed by atoms with E-state index in [1.165, 1.54) is 31.5 Å². The summed E-state index contributed by atoms with van der Waals surface area (Å²) in [5, 5.41) is 4.50. The summed E-state index contributed by atoms with van der Waals surface area (Å²) in [5.74, 6) is 1.16. The Bertz CT molecular complexity index is 1480. The molecule has 0 aliphatic carbocycles. The first-order chi connectivity index (χ1) is 16.1. The zero-order valence-electron chi connectivity index (χ0n) is 19.1. The van der Waals surface area contributed by atoms with Crippen LogP contribution in [-0.2, 0) is 10.0 Å². The molecular formula is C24H23N5O4S. The van der Waals surface area contributed by atoms with Crippen LogP contribution < -0.4 is 9.46 Å². The molecule has 0 saturated heterocycles. The molecule has 0 spiro atoms. The SMILES string of the molecule is CC(=O)c1cccc(S(=O)(=O)Nc2ccc(Oc3cc(-n4nc(C)c(C)c4C)ncn3)cc2)c1. The van der Waals surface area contributed by atoms with Crippen LogP contribution in [0.4, 0.5) is 5.69 Å². The number of anilines is 1. The van der Waals surface area contributed by atoms with E-state index in [1.54, 1.807) is 41.1 Å². The molecule has 4 aromatic rings. The van der Waals surface area contributed by atoms with Crippen LogP contribution in [0, 0.1) is 20.8 Å². The molecule has 4 rings (SSSR count). The summed E-state index contributed by atoms with van der Waals surface area (Å²) in [6.07, 6.45) is 1.40. The molecule has 9 nitrogen and oxygen atoms in total. The van der Waals surface area contributed by atoms with Gasteiger partial charge in [-0.15, -0.1) is 0 Å². The van der Waals surface area contributed by atoms with E-state index in [0.29, 0.717) is 28.7 Å². The fraction of sp³-hybridized carbons (Fsp3) is 0.167. The molecule has 2 aromatic heterocycles. The van der Waals surface area contributed by atoms with Crippen LogP contribution in [-0.4, -0.2) is 33.9 Å². The number of ketones is 1. The van der Waals surface area contributed by atoms with Crippen molar-refractivity contribution in [1.82, 2.24) is 19.7 Å². The van der Waals surface area contributed by atoms with Crippen molar-refractivity contribution in [2.75, 3.05) is 4.72 Å². The van der Waals surface area contributed by atoms with E-state index in [-0.39, 0.29) is 10.7 Å². The van der Waals surface area contributed by atoms with Gasteiger partial charge in [0.05, 0.1) is 10.6 Å². The summed E-state index contributed by atoms with van der Waals surface area (Å²) in [4.78, 5) is 20.0. The third kappa shape index (κ3) is 4.81. The van der Waals surface area contributed by atoms with E-state index in [2.05, 4.69) is 19.8 Å². The summed E-state index contributed by atoms with van der Waals surface area (Å²) < 4.78 is 35.5. The van der Waals surface area contributed by atoms with Crippen molar-refractivity contribution in [3.8, 4) is 17.4 Å². The number of carbonyl (C=O) groups is 1. The molecule has 0 amide bonds. The number of Topliss-reactive ketones (excluding diaryl/α,β-unsaturated/α-hetero) is 1. The van der Waals surface area contributed by atoms with E-state index in [0.717, 1.165) is 17.0 Å². The molecule has 0 saturated carbocycles. The molecule has 0 atom stereocenters. The second-order valence-electron chi connectivity index (χ2n) is 7.74. The van der Waals surface area contributed by atoms with Crippen molar-refractivity contribution in [1.29, 1.82) is 0 Å². The van der Waals surface area contributed by atoms with Crippen LogP contribution in [0.5, 0.6) is 11.6 Å². The summed E-state index contributed by atoms with van der Waals surface area (Å²) >= 11 is 0. The van der Waals surface area contributed by atoms with E-state index in [9.17, 15) is 13.2 Å². The fourth-order valence-corrected chi connectivity index (χ4v) is 4.36. The zero-order chi connectivity index (χ0) is 24.5. The maximum absolute atomic E-state index is 12.7. The molecule has 0 aliphatic rings. The van der Waals surface area contributed by atoms with Gasteiger partial charge in [0.15, 0.2) is 11.6 Å². The number of carbonyl (C=O) groups excluding carboxylic acids is 1. The van der Waals surface area contributed by atoms with E-state index < -0.39 is 10.0 Å². The van der Waals surface area contributed by atoms with Crippen LogP contribution >= 0.6 is 0 Å². The minimum atomic E-state index is -3.86.